The van der Waals surface area contributed by atoms with E-state index >= 15 is 0 Å². The van der Waals surface area contributed by atoms with E-state index in [1.165, 1.54) is 17.0 Å². The van der Waals surface area contributed by atoms with Crippen molar-refractivity contribution in [2.24, 2.45) is 0 Å². The lowest BCUT2D eigenvalue weighted by Gasteiger charge is -2.27. The molecule has 0 spiro atoms. The number of rotatable bonds is 4. The van der Waals surface area contributed by atoms with Gasteiger partial charge < -0.3 is 10.2 Å². The van der Waals surface area contributed by atoms with E-state index in [0.717, 1.165) is 11.8 Å². The summed E-state index contributed by atoms with van der Waals surface area (Å²) in [5, 5.41) is 2.71. The van der Waals surface area contributed by atoms with E-state index < -0.39 is 25.7 Å². The molecule has 1 saturated heterocycles. The maximum absolute atomic E-state index is 12.5. The van der Waals surface area contributed by atoms with Gasteiger partial charge in [0, 0.05) is 24.5 Å². The average molecular weight is 374 g/mol. The maximum Gasteiger partial charge on any atom is 0.322 e. The van der Waals surface area contributed by atoms with Crippen molar-refractivity contribution in [1.82, 2.24) is 4.90 Å². The molecule has 2 rings (SSSR count). The Balaban J connectivity index is 2.22. The van der Waals surface area contributed by atoms with Crippen LogP contribution < -0.4 is 5.32 Å². The molecule has 1 fully saturated rings. The van der Waals surface area contributed by atoms with E-state index in [-0.39, 0.29) is 22.4 Å². The van der Waals surface area contributed by atoms with Crippen molar-refractivity contribution in [1.29, 1.82) is 0 Å². The average Bonchev–Trinajstić information content (AvgIpc) is 2.81. The van der Waals surface area contributed by atoms with Gasteiger partial charge in [0.25, 0.3) is 0 Å². The van der Waals surface area contributed by atoms with E-state index in [0.29, 0.717) is 18.7 Å². The molecule has 1 aliphatic heterocycles. The third-order valence-electron chi connectivity index (χ3n) is 4.13. The highest BCUT2D eigenvalue weighted by Gasteiger charge is 2.34. The number of aryl methyl sites for hydroxylation is 1. The SMILES string of the molecule is CCN(C(=O)Nc1cc(S(C)(=O)=O)ccc1C)[C@H]1CCS(=O)(=O)C1. The van der Waals surface area contributed by atoms with Gasteiger partial charge in [0.05, 0.1) is 16.4 Å². The molecule has 1 heterocycles. The van der Waals surface area contributed by atoms with Gasteiger partial charge in [0.2, 0.25) is 0 Å². The molecule has 1 N–H and O–H groups in total. The van der Waals surface area contributed by atoms with Crippen molar-refractivity contribution >= 4 is 31.4 Å². The van der Waals surface area contributed by atoms with Gasteiger partial charge in [-0.15, -0.1) is 0 Å². The summed E-state index contributed by atoms with van der Waals surface area (Å²) in [5.74, 6) is 0.0562. The Morgan fingerprint density at radius 1 is 1.38 bits per heavy atom. The van der Waals surface area contributed by atoms with Crippen molar-refractivity contribution in [2.75, 3.05) is 29.6 Å². The zero-order valence-corrected chi connectivity index (χ0v) is 15.6. The molecule has 1 aromatic rings. The highest BCUT2D eigenvalue weighted by molar-refractivity contribution is 7.91. The van der Waals surface area contributed by atoms with Crippen LogP contribution in [0.2, 0.25) is 0 Å². The minimum atomic E-state index is -3.38. The molecule has 0 unspecified atom stereocenters. The lowest BCUT2D eigenvalue weighted by Crippen LogP contribution is -2.43. The summed E-state index contributed by atoms with van der Waals surface area (Å²) in [6, 6.07) is 3.76. The Hall–Kier alpha value is -1.61. The van der Waals surface area contributed by atoms with Gasteiger partial charge in [0.15, 0.2) is 19.7 Å². The van der Waals surface area contributed by atoms with Gasteiger partial charge in [-0.1, -0.05) is 6.07 Å². The normalized spacial score (nSPS) is 19.9. The van der Waals surface area contributed by atoms with Crippen molar-refractivity contribution in [3.8, 4) is 0 Å². The third-order valence-corrected chi connectivity index (χ3v) is 6.99. The molecule has 2 amide bonds. The lowest BCUT2D eigenvalue weighted by molar-refractivity contribution is 0.197. The van der Waals surface area contributed by atoms with Crippen LogP contribution in [-0.2, 0) is 19.7 Å². The highest BCUT2D eigenvalue weighted by atomic mass is 32.2. The third kappa shape index (κ3) is 4.27. The smallest absolute Gasteiger partial charge is 0.321 e. The number of hydrogen-bond donors (Lipinski definition) is 1. The number of anilines is 1. The molecular weight excluding hydrogens is 352 g/mol. The fourth-order valence-electron chi connectivity index (χ4n) is 2.74. The quantitative estimate of drug-likeness (QED) is 0.859. The summed E-state index contributed by atoms with van der Waals surface area (Å²) in [6.45, 7) is 3.92. The van der Waals surface area contributed by atoms with E-state index in [2.05, 4.69) is 5.32 Å². The zero-order valence-electron chi connectivity index (χ0n) is 13.9. The van der Waals surface area contributed by atoms with Crippen molar-refractivity contribution in [3.63, 3.8) is 0 Å². The number of sulfone groups is 2. The molecule has 0 saturated carbocycles. The molecule has 0 aromatic heterocycles. The van der Waals surface area contributed by atoms with Crippen LogP contribution in [0.3, 0.4) is 0 Å². The molecule has 7 nitrogen and oxygen atoms in total. The van der Waals surface area contributed by atoms with E-state index in [4.69, 9.17) is 0 Å². The Morgan fingerprint density at radius 2 is 2.04 bits per heavy atom. The predicted molar refractivity (Wildman–Crippen MR) is 92.7 cm³/mol. The topological polar surface area (TPSA) is 101 Å². The van der Waals surface area contributed by atoms with Crippen LogP contribution in [0.25, 0.3) is 0 Å². The minimum absolute atomic E-state index is 0.0311. The minimum Gasteiger partial charge on any atom is -0.321 e. The van der Waals surface area contributed by atoms with E-state index in [1.807, 2.05) is 0 Å². The van der Waals surface area contributed by atoms with Crippen molar-refractivity contribution < 1.29 is 21.6 Å². The Labute approximate surface area is 142 Å². The summed E-state index contributed by atoms with van der Waals surface area (Å²) in [4.78, 5) is 14.1. The van der Waals surface area contributed by atoms with Gasteiger partial charge >= 0.3 is 6.03 Å². The number of nitrogens with zero attached hydrogens (tertiary/aromatic N) is 1. The van der Waals surface area contributed by atoms with Crippen LogP contribution >= 0.6 is 0 Å². The fourth-order valence-corrected chi connectivity index (χ4v) is 5.12. The molecule has 0 aliphatic carbocycles. The van der Waals surface area contributed by atoms with E-state index in [9.17, 15) is 21.6 Å². The standard InChI is InChI=1S/C15H22N2O5S2/c1-4-17(12-7-8-24(21,22)10-12)15(18)16-14-9-13(23(3,19)20)6-5-11(14)2/h5-6,9,12H,4,7-8,10H2,1-3H3,(H,16,18)/t12-/m0/s1. The van der Waals surface area contributed by atoms with Gasteiger partial charge in [0.1, 0.15) is 0 Å². The number of carbonyl (C=O) groups excluding carboxylic acids is 1. The Bertz CT molecular complexity index is 847. The molecule has 9 heteroatoms. The summed E-state index contributed by atoms with van der Waals surface area (Å²) >= 11 is 0. The molecule has 24 heavy (non-hydrogen) atoms. The van der Waals surface area contributed by atoms with Gasteiger partial charge in [-0.3, -0.25) is 0 Å². The summed E-state index contributed by atoms with van der Waals surface area (Å²) in [6.07, 6.45) is 1.52. The maximum atomic E-state index is 12.5. The monoisotopic (exact) mass is 374 g/mol. The zero-order chi connectivity index (χ0) is 18.1. The van der Waals surface area contributed by atoms with Crippen LogP contribution in [0.1, 0.15) is 18.9 Å². The first-order chi connectivity index (χ1) is 11.0. The second-order valence-corrected chi connectivity index (χ2v) is 10.3. The van der Waals surface area contributed by atoms with Crippen LogP contribution in [0.5, 0.6) is 0 Å². The number of nitrogens with one attached hydrogen (secondary N) is 1. The summed E-state index contributed by atoms with van der Waals surface area (Å²) in [7, 11) is -6.47. The second kappa shape index (κ2) is 6.72. The first-order valence-corrected chi connectivity index (χ1v) is 11.3. The van der Waals surface area contributed by atoms with E-state index in [1.54, 1.807) is 19.9 Å². The molecule has 1 atom stereocenters. The number of benzene rings is 1. The number of amides is 2. The number of urea groups is 1. The fraction of sp³-hybridized carbons (Fsp3) is 0.533. The van der Waals surface area contributed by atoms with Crippen molar-refractivity contribution in [2.45, 2.75) is 31.2 Å². The Kier molecular flexibility index (Phi) is 5.24. The number of hydrogen-bond acceptors (Lipinski definition) is 5. The summed E-state index contributed by atoms with van der Waals surface area (Å²) in [5.41, 5.74) is 1.13. The van der Waals surface area contributed by atoms with Crippen LogP contribution in [-0.4, -0.2) is 58.1 Å². The second-order valence-electron chi connectivity index (χ2n) is 6.02. The van der Waals surface area contributed by atoms with Crippen LogP contribution in [0.4, 0.5) is 10.5 Å². The first kappa shape index (κ1) is 18.7. The van der Waals surface area contributed by atoms with Gasteiger partial charge in [-0.05, 0) is 38.0 Å². The lowest BCUT2D eigenvalue weighted by atomic mass is 10.2. The molecule has 134 valence electrons. The predicted octanol–water partition coefficient (Wildman–Crippen LogP) is 1.44. The first-order valence-electron chi connectivity index (χ1n) is 7.62. The Morgan fingerprint density at radius 3 is 2.54 bits per heavy atom. The summed E-state index contributed by atoms with van der Waals surface area (Å²) < 4.78 is 46.6. The molecule has 1 aromatic carbocycles. The molecular formula is C15H22N2O5S2. The molecule has 0 bridgehead atoms. The highest BCUT2D eigenvalue weighted by Crippen LogP contribution is 2.23. The largest absolute Gasteiger partial charge is 0.322 e. The molecule has 1 aliphatic rings. The number of carbonyl (C=O) groups is 1. The molecule has 0 radical (unpaired) electrons. The van der Waals surface area contributed by atoms with Crippen LogP contribution in [0.15, 0.2) is 23.1 Å². The van der Waals surface area contributed by atoms with Crippen molar-refractivity contribution in [3.05, 3.63) is 23.8 Å². The van der Waals surface area contributed by atoms with Gasteiger partial charge in [-0.25, -0.2) is 21.6 Å². The van der Waals surface area contributed by atoms with Gasteiger partial charge in [-0.2, -0.15) is 0 Å². The van der Waals surface area contributed by atoms with Crippen LogP contribution in [0, 0.1) is 6.92 Å².